The van der Waals surface area contributed by atoms with E-state index in [0.29, 0.717) is 12.8 Å². The maximum Gasteiger partial charge on any atom is 0.432 e. The molecule has 0 spiro atoms. The van der Waals surface area contributed by atoms with Gasteiger partial charge in [-0.25, -0.2) is 9.59 Å². The van der Waals surface area contributed by atoms with Gasteiger partial charge in [0.1, 0.15) is 5.75 Å². The molecule has 1 aromatic carbocycles. The summed E-state index contributed by atoms with van der Waals surface area (Å²) in [5.74, 6) is -2.22. The molecule has 1 N–H and O–H groups in total. The van der Waals surface area contributed by atoms with E-state index in [1.165, 1.54) is 13.0 Å². The second-order valence-corrected chi connectivity index (χ2v) is 9.14. The molecular formula is C18H18F5IO8S. The van der Waals surface area contributed by atoms with Crippen LogP contribution in [0.3, 0.4) is 0 Å². The van der Waals surface area contributed by atoms with Gasteiger partial charge in [0.25, 0.3) is 6.10 Å². The molecule has 0 saturated heterocycles. The van der Waals surface area contributed by atoms with Crippen LogP contribution in [0.2, 0.25) is 0 Å². The van der Waals surface area contributed by atoms with Crippen molar-refractivity contribution in [2.24, 2.45) is 0 Å². The van der Waals surface area contributed by atoms with Crippen molar-refractivity contribution in [3.05, 3.63) is 39.5 Å². The maximum atomic E-state index is 13.5. The molecule has 0 aliphatic carbocycles. The molecule has 0 aromatic heterocycles. The van der Waals surface area contributed by atoms with E-state index in [2.05, 4.69) is 11.3 Å². The molecule has 1 unspecified atom stereocenters. The second-order valence-electron chi connectivity index (χ2n) is 6.48. The minimum absolute atomic E-state index is 0.130. The Bertz CT molecular complexity index is 994. The number of carbonyl (C=O) groups excluding carboxylic acids is 2. The first kappa shape index (κ1) is 29.0. The fourth-order valence-electron chi connectivity index (χ4n) is 2.06. The molecule has 15 heteroatoms. The highest BCUT2D eigenvalue weighted by Gasteiger charge is 2.66. The fraction of sp³-hybridized carbons (Fsp3) is 0.444. The lowest BCUT2D eigenvalue weighted by Gasteiger charge is -2.26. The average molecular weight is 616 g/mol. The summed E-state index contributed by atoms with van der Waals surface area (Å²) in [6.45, 7) is 5.21. The van der Waals surface area contributed by atoms with Gasteiger partial charge in [-0.05, 0) is 60.6 Å². The van der Waals surface area contributed by atoms with Crippen LogP contribution in [0.5, 0.6) is 5.75 Å². The fourth-order valence-corrected chi connectivity index (χ4v) is 3.18. The molecule has 8 nitrogen and oxygen atoms in total. The van der Waals surface area contributed by atoms with Gasteiger partial charge >= 0.3 is 33.5 Å². The molecule has 0 radical (unpaired) electrons. The number of rotatable bonds is 11. The van der Waals surface area contributed by atoms with E-state index in [9.17, 15) is 40.0 Å². The molecule has 0 bridgehead atoms. The maximum absolute atomic E-state index is 13.5. The Balaban J connectivity index is 2.78. The van der Waals surface area contributed by atoms with E-state index in [1.54, 1.807) is 22.6 Å². The minimum Gasteiger partial charge on any atom is -0.492 e. The molecule has 0 aliphatic heterocycles. The van der Waals surface area contributed by atoms with Crippen molar-refractivity contribution in [3.8, 4) is 5.75 Å². The predicted octanol–water partition coefficient (Wildman–Crippen LogP) is 4.14. The van der Waals surface area contributed by atoms with Crippen LogP contribution in [0.25, 0.3) is 0 Å². The summed E-state index contributed by atoms with van der Waals surface area (Å²) < 4.78 is 110. The lowest BCUT2D eigenvalue weighted by molar-refractivity contribution is -0.248. The third kappa shape index (κ3) is 8.37. The largest absolute Gasteiger partial charge is 0.492 e. The Morgan fingerprint density at radius 3 is 2.21 bits per heavy atom. The summed E-state index contributed by atoms with van der Waals surface area (Å²) in [6.07, 6.45) is -9.51. The molecule has 0 heterocycles. The van der Waals surface area contributed by atoms with Crippen molar-refractivity contribution in [2.45, 2.75) is 37.3 Å². The van der Waals surface area contributed by atoms with Gasteiger partial charge in [0.15, 0.2) is 0 Å². The van der Waals surface area contributed by atoms with E-state index in [-0.39, 0.29) is 28.1 Å². The lowest BCUT2D eigenvalue weighted by atomic mass is 10.2. The van der Waals surface area contributed by atoms with Crippen molar-refractivity contribution in [2.75, 3.05) is 13.2 Å². The first-order valence-corrected chi connectivity index (χ1v) is 11.4. The van der Waals surface area contributed by atoms with E-state index in [4.69, 9.17) is 14.0 Å². The molecule has 0 fully saturated rings. The van der Waals surface area contributed by atoms with Crippen molar-refractivity contribution in [3.63, 3.8) is 0 Å². The van der Waals surface area contributed by atoms with Crippen LogP contribution in [-0.4, -0.2) is 55.7 Å². The van der Waals surface area contributed by atoms with Gasteiger partial charge in [-0.3, -0.25) is 4.55 Å². The van der Waals surface area contributed by atoms with Crippen molar-refractivity contribution in [1.29, 1.82) is 0 Å². The smallest absolute Gasteiger partial charge is 0.432 e. The number of carbonyl (C=O) groups is 2. The van der Waals surface area contributed by atoms with E-state index in [1.807, 2.05) is 0 Å². The highest BCUT2D eigenvalue weighted by atomic mass is 127. The SMILES string of the molecule is C=C(C)C(=O)OCCCCOc1ccc(C(=O)OC(C(F)(F)F)C(F)(F)S(=O)(=O)O)cc1I. The Morgan fingerprint density at radius 1 is 1.15 bits per heavy atom. The zero-order valence-electron chi connectivity index (χ0n) is 16.8. The Labute approximate surface area is 199 Å². The molecule has 186 valence electrons. The van der Waals surface area contributed by atoms with E-state index < -0.39 is 45.2 Å². The summed E-state index contributed by atoms with van der Waals surface area (Å²) in [5, 5.41) is -5.82. The number of halogens is 6. The van der Waals surface area contributed by atoms with Gasteiger partial charge in [0.2, 0.25) is 0 Å². The predicted molar refractivity (Wildman–Crippen MR) is 111 cm³/mol. The minimum atomic E-state index is -6.54. The number of benzene rings is 1. The van der Waals surface area contributed by atoms with Gasteiger partial charge in [0.05, 0.1) is 22.3 Å². The van der Waals surface area contributed by atoms with Crippen LogP contribution < -0.4 is 4.74 Å². The highest BCUT2D eigenvalue weighted by Crippen LogP contribution is 2.38. The molecule has 0 aliphatic rings. The van der Waals surface area contributed by atoms with Crippen LogP contribution in [0, 0.1) is 3.57 Å². The van der Waals surface area contributed by atoms with Crippen LogP contribution in [0.15, 0.2) is 30.4 Å². The van der Waals surface area contributed by atoms with Crippen LogP contribution in [-0.2, 0) is 24.4 Å². The van der Waals surface area contributed by atoms with Gasteiger partial charge < -0.3 is 14.2 Å². The zero-order chi connectivity index (χ0) is 25.6. The molecule has 1 rings (SSSR count). The van der Waals surface area contributed by atoms with Crippen molar-refractivity contribution in [1.82, 2.24) is 0 Å². The van der Waals surface area contributed by atoms with E-state index in [0.717, 1.165) is 12.1 Å². The average Bonchev–Trinajstić information content (AvgIpc) is 2.67. The number of esters is 2. The highest BCUT2D eigenvalue weighted by molar-refractivity contribution is 14.1. The van der Waals surface area contributed by atoms with Crippen molar-refractivity contribution >= 4 is 44.6 Å². The number of hydrogen-bond acceptors (Lipinski definition) is 7. The molecule has 1 aromatic rings. The first-order chi connectivity index (χ1) is 15.0. The quantitative estimate of drug-likeness (QED) is 0.0986. The number of hydrogen-bond donors (Lipinski definition) is 1. The monoisotopic (exact) mass is 616 g/mol. The van der Waals surface area contributed by atoms with E-state index >= 15 is 0 Å². The van der Waals surface area contributed by atoms with Gasteiger partial charge in [-0.2, -0.15) is 30.4 Å². The first-order valence-electron chi connectivity index (χ1n) is 8.86. The normalized spacial score (nSPS) is 13.2. The summed E-state index contributed by atoms with van der Waals surface area (Å²) in [5.41, 5.74) is -0.346. The third-order valence-corrected chi connectivity index (χ3v) is 5.46. The lowest BCUT2D eigenvalue weighted by Crippen LogP contribution is -2.52. The molecule has 33 heavy (non-hydrogen) atoms. The number of alkyl halides is 5. The van der Waals surface area contributed by atoms with Crippen LogP contribution in [0.4, 0.5) is 22.0 Å². The summed E-state index contributed by atoms with van der Waals surface area (Å²) in [4.78, 5) is 23.2. The van der Waals surface area contributed by atoms with Crippen molar-refractivity contribution < 1.29 is 58.7 Å². The van der Waals surface area contributed by atoms with Crippen LogP contribution in [0.1, 0.15) is 30.1 Å². The second kappa shape index (κ2) is 11.4. The van der Waals surface area contributed by atoms with Crippen LogP contribution >= 0.6 is 22.6 Å². The Kier molecular flexibility index (Phi) is 10.0. The van der Waals surface area contributed by atoms with Gasteiger partial charge in [-0.1, -0.05) is 6.58 Å². The topological polar surface area (TPSA) is 116 Å². The third-order valence-electron chi connectivity index (χ3n) is 3.72. The Hall–Kier alpha value is -2.01. The molecule has 0 amide bonds. The molecular weight excluding hydrogens is 598 g/mol. The number of ether oxygens (including phenoxy) is 3. The standard InChI is InChI=1S/C18H18F5IO8S/c1-10(2)14(25)31-8-4-3-7-30-13-6-5-11(9-12(13)24)15(26)32-16(17(19,20)21)18(22,23)33(27,28)29/h5-6,9,16H,1,3-4,7-8H2,2H3,(H,27,28,29). The summed E-state index contributed by atoms with van der Waals surface area (Å²) in [7, 11) is -6.54. The van der Waals surface area contributed by atoms with Gasteiger partial charge in [0, 0.05) is 5.57 Å². The Morgan fingerprint density at radius 2 is 1.73 bits per heavy atom. The summed E-state index contributed by atoms with van der Waals surface area (Å²) in [6, 6.07) is 3.07. The van der Waals surface area contributed by atoms with Gasteiger partial charge in [-0.15, -0.1) is 0 Å². The molecule has 0 saturated carbocycles. The zero-order valence-corrected chi connectivity index (χ0v) is 19.8. The summed E-state index contributed by atoms with van der Waals surface area (Å²) >= 11 is 1.66. The number of unbranched alkanes of at least 4 members (excludes halogenated alkanes) is 1. The molecule has 1 atom stereocenters.